The van der Waals surface area contributed by atoms with Crippen LogP contribution in [0.4, 0.5) is 0 Å². The van der Waals surface area contributed by atoms with Gasteiger partial charge in [0.1, 0.15) is 0 Å². The van der Waals surface area contributed by atoms with Crippen LogP contribution in [-0.2, 0) is 14.8 Å². The van der Waals surface area contributed by atoms with Crippen LogP contribution in [0.15, 0.2) is 0 Å². The lowest BCUT2D eigenvalue weighted by Crippen LogP contribution is -2.66. The zero-order valence-electron chi connectivity index (χ0n) is 14.6. The molecule has 0 aromatic heterocycles. The summed E-state index contributed by atoms with van der Waals surface area (Å²) in [6, 6.07) is 1.02. The summed E-state index contributed by atoms with van der Waals surface area (Å²) >= 11 is 0. The molecule has 2 aliphatic carbocycles. The molecule has 1 aliphatic heterocycles. The minimum Gasteiger partial charge on any atom is -0.378 e. The topological polar surface area (TPSA) is 58.6 Å². The normalized spacial score (nSPS) is 32.8. The lowest BCUT2D eigenvalue weighted by Gasteiger charge is -2.59. The molecule has 0 amide bonds. The van der Waals surface area contributed by atoms with Gasteiger partial charge in [0.05, 0.1) is 12.4 Å². The van der Waals surface area contributed by atoms with E-state index in [-0.39, 0.29) is 0 Å². The Morgan fingerprint density at radius 2 is 1.83 bits per heavy atom. The fourth-order valence-electron chi connectivity index (χ4n) is 4.94. The first kappa shape index (κ1) is 17.6. The van der Waals surface area contributed by atoms with Crippen molar-refractivity contribution in [1.82, 2.24) is 9.62 Å². The van der Waals surface area contributed by atoms with Crippen molar-refractivity contribution in [2.45, 2.75) is 76.5 Å². The molecule has 134 valence electrons. The third kappa shape index (κ3) is 3.60. The molecule has 1 heterocycles. The number of piperidine rings is 1. The fourth-order valence-corrected chi connectivity index (χ4v) is 5.81. The van der Waals surface area contributed by atoms with E-state index in [4.69, 9.17) is 4.74 Å². The van der Waals surface area contributed by atoms with E-state index < -0.39 is 10.0 Å². The highest BCUT2D eigenvalue weighted by atomic mass is 32.2. The Hall–Kier alpha value is -0.170. The Kier molecular flexibility index (Phi) is 5.36. The average Bonchev–Trinajstić information content (AvgIpc) is 2.54. The summed E-state index contributed by atoms with van der Waals surface area (Å²) in [7, 11) is -3.03. The largest absolute Gasteiger partial charge is 0.378 e. The molecule has 1 spiro atoms. The van der Waals surface area contributed by atoms with Crippen molar-refractivity contribution in [2.24, 2.45) is 5.41 Å². The predicted octanol–water partition coefficient (Wildman–Crippen LogP) is 2.13. The summed E-state index contributed by atoms with van der Waals surface area (Å²) in [5.74, 6) is 0. The molecule has 0 aromatic rings. The maximum Gasteiger partial charge on any atom is 0.211 e. The van der Waals surface area contributed by atoms with E-state index in [1.165, 1.54) is 38.4 Å². The second-order valence-corrected chi connectivity index (χ2v) is 9.61. The van der Waals surface area contributed by atoms with Crippen LogP contribution >= 0.6 is 0 Å². The second-order valence-electron chi connectivity index (χ2n) is 7.63. The van der Waals surface area contributed by atoms with Crippen LogP contribution in [0.3, 0.4) is 0 Å². The molecule has 6 heteroatoms. The number of nitrogens with zero attached hydrogens (tertiary/aromatic N) is 1. The van der Waals surface area contributed by atoms with Gasteiger partial charge < -0.3 is 10.1 Å². The smallest absolute Gasteiger partial charge is 0.211 e. The summed E-state index contributed by atoms with van der Waals surface area (Å²) in [5, 5.41) is 3.87. The molecule has 0 bridgehead atoms. The van der Waals surface area contributed by atoms with E-state index >= 15 is 0 Å². The van der Waals surface area contributed by atoms with Gasteiger partial charge in [-0.15, -0.1) is 0 Å². The number of hydrogen-bond acceptors (Lipinski definition) is 4. The first-order chi connectivity index (χ1) is 11.0. The highest BCUT2D eigenvalue weighted by Gasteiger charge is 2.55. The van der Waals surface area contributed by atoms with Crippen LogP contribution in [0.5, 0.6) is 0 Å². The summed E-state index contributed by atoms with van der Waals surface area (Å²) in [6.07, 6.45) is 11.3. The maximum atomic E-state index is 11.6. The van der Waals surface area contributed by atoms with Gasteiger partial charge in [0.15, 0.2) is 0 Å². The molecular formula is C17H32N2O3S. The molecule has 3 aliphatic rings. The number of nitrogens with one attached hydrogen (secondary N) is 1. The van der Waals surface area contributed by atoms with Crippen molar-refractivity contribution >= 4 is 10.0 Å². The molecule has 1 saturated heterocycles. The van der Waals surface area contributed by atoms with Crippen molar-refractivity contribution in [1.29, 1.82) is 0 Å². The molecule has 5 nitrogen and oxygen atoms in total. The van der Waals surface area contributed by atoms with E-state index in [0.717, 1.165) is 25.9 Å². The minimum absolute atomic E-state index is 0.349. The van der Waals surface area contributed by atoms with Crippen LogP contribution in [0.2, 0.25) is 0 Å². The SMILES string of the molecule is CCO[C@H]1C[C@H](NC2CCN(S(C)(=O)=O)CC2)C12CCCCC2. The van der Waals surface area contributed by atoms with Gasteiger partial charge in [-0.2, -0.15) is 0 Å². The van der Waals surface area contributed by atoms with Gasteiger partial charge in [0.25, 0.3) is 0 Å². The zero-order valence-corrected chi connectivity index (χ0v) is 15.4. The fraction of sp³-hybridized carbons (Fsp3) is 1.00. The number of hydrogen-bond donors (Lipinski definition) is 1. The molecule has 3 fully saturated rings. The zero-order chi connectivity index (χ0) is 16.5. The van der Waals surface area contributed by atoms with Crippen LogP contribution in [0.25, 0.3) is 0 Å². The highest BCUT2D eigenvalue weighted by Crippen LogP contribution is 2.53. The van der Waals surface area contributed by atoms with Gasteiger partial charge in [-0.25, -0.2) is 12.7 Å². The Morgan fingerprint density at radius 1 is 1.17 bits per heavy atom. The predicted molar refractivity (Wildman–Crippen MR) is 91.9 cm³/mol. The van der Waals surface area contributed by atoms with E-state index in [2.05, 4.69) is 12.2 Å². The van der Waals surface area contributed by atoms with Crippen molar-refractivity contribution in [2.75, 3.05) is 26.0 Å². The Bertz CT molecular complexity index is 494. The molecule has 2 saturated carbocycles. The standard InChI is InChI=1S/C17H32N2O3S/c1-3-22-16-13-15(17(16)9-5-4-6-10-17)18-14-7-11-19(12-8-14)23(2,20)21/h14-16,18H,3-13H2,1-2H3/t15-,16-/m0/s1. The van der Waals surface area contributed by atoms with Crippen LogP contribution < -0.4 is 5.32 Å². The molecule has 23 heavy (non-hydrogen) atoms. The number of sulfonamides is 1. The maximum absolute atomic E-state index is 11.6. The van der Waals surface area contributed by atoms with Gasteiger partial charge in [0, 0.05) is 37.2 Å². The van der Waals surface area contributed by atoms with Gasteiger partial charge >= 0.3 is 0 Å². The van der Waals surface area contributed by atoms with Crippen molar-refractivity contribution in [3.05, 3.63) is 0 Å². The van der Waals surface area contributed by atoms with Crippen molar-refractivity contribution < 1.29 is 13.2 Å². The van der Waals surface area contributed by atoms with Crippen LogP contribution in [-0.4, -0.2) is 56.9 Å². The Morgan fingerprint density at radius 3 is 2.39 bits per heavy atom. The summed E-state index contributed by atoms with van der Waals surface area (Å²) in [5.41, 5.74) is 0.349. The van der Waals surface area contributed by atoms with Crippen molar-refractivity contribution in [3.8, 4) is 0 Å². The van der Waals surface area contributed by atoms with E-state index in [9.17, 15) is 8.42 Å². The van der Waals surface area contributed by atoms with Gasteiger partial charge in [0.2, 0.25) is 10.0 Å². The molecule has 0 radical (unpaired) electrons. The third-order valence-electron chi connectivity index (χ3n) is 6.30. The second kappa shape index (κ2) is 6.98. The molecule has 1 N–H and O–H groups in total. The summed E-state index contributed by atoms with van der Waals surface area (Å²) in [6.45, 7) is 4.22. The first-order valence-electron chi connectivity index (χ1n) is 9.28. The van der Waals surface area contributed by atoms with Crippen LogP contribution in [0, 0.1) is 5.41 Å². The lowest BCUT2D eigenvalue weighted by molar-refractivity contribution is -0.152. The van der Waals surface area contributed by atoms with E-state index in [1.807, 2.05) is 0 Å². The quantitative estimate of drug-likeness (QED) is 0.830. The van der Waals surface area contributed by atoms with E-state index in [0.29, 0.717) is 36.7 Å². The van der Waals surface area contributed by atoms with E-state index in [1.54, 1.807) is 4.31 Å². The Balaban J connectivity index is 1.56. The highest BCUT2D eigenvalue weighted by molar-refractivity contribution is 7.88. The summed E-state index contributed by atoms with van der Waals surface area (Å²) in [4.78, 5) is 0. The minimum atomic E-state index is -3.03. The lowest BCUT2D eigenvalue weighted by atomic mass is 9.55. The molecule has 3 rings (SSSR count). The van der Waals surface area contributed by atoms with Gasteiger partial charge in [-0.05, 0) is 39.0 Å². The molecule has 0 aromatic carbocycles. The van der Waals surface area contributed by atoms with Crippen molar-refractivity contribution in [3.63, 3.8) is 0 Å². The van der Waals surface area contributed by atoms with Gasteiger partial charge in [-0.1, -0.05) is 19.3 Å². The monoisotopic (exact) mass is 344 g/mol. The summed E-state index contributed by atoms with van der Waals surface area (Å²) < 4.78 is 30.9. The average molecular weight is 345 g/mol. The number of rotatable bonds is 5. The third-order valence-corrected chi connectivity index (χ3v) is 7.60. The molecule has 0 unspecified atom stereocenters. The molecule has 2 atom stereocenters. The van der Waals surface area contributed by atoms with Crippen LogP contribution in [0.1, 0.15) is 58.3 Å². The number of ether oxygens (including phenoxy) is 1. The Labute approximate surface area is 141 Å². The first-order valence-corrected chi connectivity index (χ1v) is 11.1. The molecular weight excluding hydrogens is 312 g/mol. The van der Waals surface area contributed by atoms with Gasteiger partial charge in [-0.3, -0.25) is 0 Å².